The van der Waals surface area contributed by atoms with Gasteiger partial charge in [-0.3, -0.25) is 4.79 Å². The number of nitrogens with one attached hydrogen (secondary N) is 3. The Kier molecular flexibility index (Phi) is 6.88. The maximum atomic E-state index is 13.9. The van der Waals surface area contributed by atoms with Crippen molar-refractivity contribution < 1.29 is 18.0 Å². The Labute approximate surface area is 209 Å². The van der Waals surface area contributed by atoms with Crippen molar-refractivity contribution >= 4 is 11.7 Å². The molecule has 2 unspecified atom stereocenters. The van der Waals surface area contributed by atoms with Gasteiger partial charge in [0.1, 0.15) is 11.4 Å². The molecule has 1 amide bonds. The normalized spacial score (nSPS) is 18.3. The monoisotopic (exact) mass is 499 g/mol. The first kappa shape index (κ1) is 25.8. The van der Waals surface area contributed by atoms with Crippen LogP contribution < -0.4 is 16.0 Å². The van der Waals surface area contributed by atoms with Crippen molar-refractivity contribution in [2.24, 2.45) is 0 Å². The highest BCUT2D eigenvalue weighted by Gasteiger charge is 2.47. The molecule has 0 saturated carbocycles. The number of amides is 1. The molecule has 1 aliphatic heterocycles. The third-order valence-electron chi connectivity index (χ3n) is 6.60. The zero-order valence-corrected chi connectivity index (χ0v) is 20.9. The highest BCUT2D eigenvalue weighted by Crippen LogP contribution is 2.44. The van der Waals surface area contributed by atoms with Crippen molar-refractivity contribution in [3.63, 3.8) is 0 Å². The van der Waals surface area contributed by atoms with E-state index in [1.165, 1.54) is 6.20 Å². The molecule has 1 aromatic heterocycles. The van der Waals surface area contributed by atoms with E-state index in [4.69, 9.17) is 0 Å². The fourth-order valence-electron chi connectivity index (χ4n) is 4.45. The standard InChI is InChI=1S/C27H32F3N5O/c1-25(2,17-31-26(3,4)19-13-9-6-10-14-19)34-24(36)20-16-32-35-22(27(28,29)30)15-21(33-23(20)35)18-11-7-5-8-12-18/h5-14,16,21-22,31,33H,15,17H2,1-4H3,(H,34,36). The van der Waals surface area contributed by atoms with E-state index in [-0.39, 0.29) is 23.3 Å². The third-order valence-corrected chi connectivity index (χ3v) is 6.60. The quantitative estimate of drug-likeness (QED) is 0.397. The van der Waals surface area contributed by atoms with Crippen molar-refractivity contribution in [2.75, 3.05) is 11.9 Å². The lowest BCUT2D eigenvalue weighted by Gasteiger charge is -2.35. The van der Waals surface area contributed by atoms with Gasteiger partial charge in [-0.15, -0.1) is 0 Å². The molecule has 9 heteroatoms. The number of halogens is 3. The van der Waals surface area contributed by atoms with Crippen LogP contribution in [-0.4, -0.2) is 33.9 Å². The van der Waals surface area contributed by atoms with Gasteiger partial charge in [-0.2, -0.15) is 18.3 Å². The Balaban J connectivity index is 1.53. The van der Waals surface area contributed by atoms with Crippen molar-refractivity contribution in [3.05, 3.63) is 83.6 Å². The molecule has 0 bridgehead atoms. The van der Waals surface area contributed by atoms with Gasteiger partial charge in [0.2, 0.25) is 0 Å². The second-order valence-electron chi connectivity index (χ2n) is 10.4. The first-order valence-corrected chi connectivity index (χ1v) is 12.0. The second kappa shape index (κ2) is 9.61. The minimum absolute atomic E-state index is 0.0725. The molecule has 2 atom stereocenters. The fourth-order valence-corrected chi connectivity index (χ4v) is 4.45. The number of hydrogen-bond acceptors (Lipinski definition) is 4. The maximum Gasteiger partial charge on any atom is 0.410 e. The summed E-state index contributed by atoms with van der Waals surface area (Å²) in [6.07, 6.45) is -3.51. The summed E-state index contributed by atoms with van der Waals surface area (Å²) in [4.78, 5) is 13.3. The van der Waals surface area contributed by atoms with Crippen molar-refractivity contribution in [1.82, 2.24) is 20.4 Å². The van der Waals surface area contributed by atoms with E-state index < -0.39 is 29.7 Å². The summed E-state index contributed by atoms with van der Waals surface area (Å²) in [6, 6.07) is 16.5. The molecule has 0 spiro atoms. The Hall–Kier alpha value is -3.33. The number of aromatic nitrogens is 2. The van der Waals surface area contributed by atoms with Gasteiger partial charge in [0.15, 0.2) is 6.04 Å². The molecule has 0 saturated heterocycles. The minimum atomic E-state index is -4.50. The van der Waals surface area contributed by atoms with Crippen LogP contribution in [0.4, 0.5) is 19.0 Å². The number of nitrogens with zero attached hydrogens (tertiary/aromatic N) is 2. The molecular weight excluding hydrogens is 467 g/mol. The number of carbonyl (C=O) groups excluding carboxylic acids is 1. The van der Waals surface area contributed by atoms with Crippen molar-refractivity contribution in [2.45, 2.75) is 63.5 Å². The molecular formula is C27H32F3N5O. The summed E-state index contributed by atoms with van der Waals surface area (Å²) >= 11 is 0. The maximum absolute atomic E-state index is 13.9. The van der Waals surface area contributed by atoms with Gasteiger partial charge in [0, 0.05) is 24.0 Å². The SMILES string of the molecule is CC(C)(CNC(C)(C)c1ccccc1)NC(=O)c1cnn2c1NC(c1ccccc1)CC2C(F)(F)F. The third kappa shape index (κ3) is 5.56. The summed E-state index contributed by atoms with van der Waals surface area (Å²) < 4.78 is 42.7. The zero-order chi connectivity index (χ0) is 26.1. The first-order chi connectivity index (χ1) is 16.9. The van der Waals surface area contributed by atoms with Crippen LogP contribution in [0.15, 0.2) is 66.9 Å². The average Bonchev–Trinajstić information content (AvgIpc) is 3.27. The smallest absolute Gasteiger partial charge is 0.363 e. The van der Waals surface area contributed by atoms with Gasteiger partial charge < -0.3 is 16.0 Å². The topological polar surface area (TPSA) is 71.0 Å². The average molecular weight is 500 g/mol. The molecule has 4 rings (SSSR count). The van der Waals surface area contributed by atoms with E-state index in [1.54, 1.807) is 24.3 Å². The predicted octanol–water partition coefficient (Wildman–Crippen LogP) is 5.58. The Bertz CT molecular complexity index is 1190. The van der Waals surface area contributed by atoms with E-state index in [0.29, 0.717) is 6.54 Å². The van der Waals surface area contributed by atoms with Crippen LogP contribution in [0.25, 0.3) is 0 Å². The molecule has 0 aliphatic carbocycles. The van der Waals surface area contributed by atoms with Crippen LogP contribution in [0.1, 0.15) is 67.7 Å². The Morgan fingerprint density at radius 3 is 2.25 bits per heavy atom. The molecule has 6 nitrogen and oxygen atoms in total. The summed E-state index contributed by atoms with van der Waals surface area (Å²) in [5.41, 5.74) is 0.880. The number of carbonyl (C=O) groups is 1. The molecule has 2 aromatic carbocycles. The summed E-state index contributed by atoms with van der Waals surface area (Å²) in [7, 11) is 0. The fraction of sp³-hybridized carbons (Fsp3) is 0.407. The van der Waals surface area contributed by atoms with Crippen LogP contribution in [0.2, 0.25) is 0 Å². The molecule has 36 heavy (non-hydrogen) atoms. The number of fused-ring (bicyclic) bond motifs is 1. The first-order valence-electron chi connectivity index (χ1n) is 12.0. The van der Waals surface area contributed by atoms with E-state index >= 15 is 0 Å². The van der Waals surface area contributed by atoms with Gasteiger partial charge in [-0.25, -0.2) is 4.68 Å². The van der Waals surface area contributed by atoms with Crippen LogP contribution in [0, 0.1) is 0 Å². The van der Waals surface area contributed by atoms with Crippen LogP contribution in [0.3, 0.4) is 0 Å². The Morgan fingerprint density at radius 2 is 1.64 bits per heavy atom. The largest absolute Gasteiger partial charge is 0.410 e. The van der Waals surface area contributed by atoms with E-state index in [1.807, 2.05) is 50.2 Å². The summed E-state index contributed by atoms with van der Waals surface area (Å²) in [5.74, 6) is -0.411. The van der Waals surface area contributed by atoms with Gasteiger partial charge in [-0.1, -0.05) is 60.7 Å². The number of rotatable bonds is 7. The molecule has 0 fully saturated rings. The highest BCUT2D eigenvalue weighted by atomic mass is 19.4. The molecule has 192 valence electrons. The van der Waals surface area contributed by atoms with Crippen molar-refractivity contribution in [1.29, 1.82) is 0 Å². The number of hydrogen-bond donors (Lipinski definition) is 3. The van der Waals surface area contributed by atoms with Gasteiger partial charge in [0.25, 0.3) is 5.91 Å². The van der Waals surface area contributed by atoms with Gasteiger partial charge in [0.05, 0.1) is 12.2 Å². The van der Waals surface area contributed by atoms with Gasteiger partial charge in [-0.05, 0) is 38.8 Å². The lowest BCUT2D eigenvalue weighted by Crippen LogP contribution is -2.53. The van der Waals surface area contributed by atoms with E-state index in [9.17, 15) is 18.0 Å². The van der Waals surface area contributed by atoms with Crippen LogP contribution in [0.5, 0.6) is 0 Å². The highest BCUT2D eigenvalue weighted by molar-refractivity contribution is 5.99. The molecule has 1 aliphatic rings. The predicted molar refractivity (Wildman–Crippen MR) is 134 cm³/mol. The molecule has 3 aromatic rings. The minimum Gasteiger partial charge on any atom is -0.363 e. The van der Waals surface area contributed by atoms with E-state index in [0.717, 1.165) is 15.8 Å². The zero-order valence-electron chi connectivity index (χ0n) is 20.9. The number of alkyl halides is 3. The lowest BCUT2D eigenvalue weighted by atomic mass is 9.92. The summed E-state index contributed by atoms with van der Waals surface area (Å²) in [6.45, 7) is 8.29. The van der Waals surface area contributed by atoms with Crippen LogP contribution in [-0.2, 0) is 5.54 Å². The Morgan fingerprint density at radius 1 is 1.03 bits per heavy atom. The number of anilines is 1. The summed E-state index contributed by atoms with van der Waals surface area (Å²) in [5, 5.41) is 13.5. The number of benzene rings is 2. The van der Waals surface area contributed by atoms with Crippen LogP contribution >= 0.6 is 0 Å². The second-order valence-corrected chi connectivity index (χ2v) is 10.4. The molecule has 2 heterocycles. The molecule has 3 N–H and O–H groups in total. The molecule has 0 radical (unpaired) electrons. The van der Waals surface area contributed by atoms with E-state index in [2.05, 4.69) is 34.9 Å². The lowest BCUT2D eigenvalue weighted by molar-refractivity contribution is -0.173. The van der Waals surface area contributed by atoms with Crippen molar-refractivity contribution in [3.8, 4) is 0 Å². The van der Waals surface area contributed by atoms with Gasteiger partial charge >= 0.3 is 6.18 Å².